The summed E-state index contributed by atoms with van der Waals surface area (Å²) < 4.78 is 0. The fourth-order valence-electron chi connectivity index (χ4n) is 4.97. The molecular formula is C16H30N2O. The molecular weight excluding hydrogens is 236 g/mol. The first-order chi connectivity index (χ1) is 9.23. The van der Waals surface area contributed by atoms with E-state index in [1.54, 1.807) is 0 Å². The molecule has 19 heavy (non-hydrogen) atoms. The van der Waals surface area contributed by atoms with Crippen LogP contribution in [-0.2, 0) is 0 Å². The first kappa shape index (κ1) is 13.8. The number of fused-ring (bicyclic) bond motifs is 1. The van der Waals surface area contributed by atoms with Gasteiger partial charge in [0.2, 0.25) is 0 Å². The van der Waals surface area contributed by atoms with E-state index in [0.29, 0.717) is 5.92 Å². The van der Waals surface area contributed by atoms with E-state index in [2.05, 4.69) is 4.90 Å². The van der Waals surface area contributed by atoms with Crippen molar-refractivity contribution in [3.05, 3.63) is 0 Å². The number of rotatable bonds is 4. The second kappa shape index (κ2) is 5.71. The molecule has 0 aromatic rings. The Morgan fingerprint density at radius 3 is 2.79 bits per heavy atom. The zero-order valence-electron chi connectivity index (χ0n) is 12.2. The zero-order valence-corrected chi connectivity index (χ0v) is 12.2. The standard InChI is InChI=1S/C16H30N2O/c17-16(12-19)9-2-6-14(16)8-11-18-10-3-5-13-4-1-7-15(13)18/h13-15,19H,1-12,17H2. The van der Waals surface area contributed by atoms with Crippen molar-refractivity contribution in [1.29, 1.82) is 0 Å². The Labute approximate surface area is 117 Å². The lowest BCUT2D eigenvalue weighted by molar-refractivity contribution is 0.0920. The molecule has 3 rings (SSSR count). The van der Waals surface area contributed by atoms with E-state index < -0.39 is 0 Å². The van der Waals surface area contributed by atoms with Crippen LogP contribution in [0.2, 0.25) is 0 Å². The van der Waals surface area contributed by atoms with E-state index >= 15 is 0 Å². The largest absolute Gasteiger partial charge is 0.394 e. The number of nitrogens with zero attached hydrogens (tertiary/aromatic N) is 1. The summed E-state index contributed by atoms with van der Waals surface area (Å²) in [5.41, 5.74) is 6.08. The first-order valence-corrected chi connectivity index (χ1v) is 8.37. The average Bonchev–Trinajstić information content (AvgIpc) is 3.03. The highest BCUT2D eigenvalue weighted by Crippen LogP contribution is 2.39. The van der Waals surface area contributed by atoms with Crippen molar-refractivity contribution in [2.45, 2.75) is 69.4 Å². The van der Waals surface area contributed by atoms with Crippen molar-refractivity contribution in [3.8, 4) is 0 Å². The van der Waals surface area contributed by atoms with Gasteiger partial charge in [-0.15, -0.1) is 0 Å². The summed E-state index contributed by atoms with van der Waals surface area (Å²) in [5.74, 6) is 1.53. The molecule has 3 fully saturated rings. The minimum absolute atomic E-state index is 0.170. The molecule has 2 saturated carbocycles. The lowest BCUT2D eigenvalue weighted by Gasteiger charge is -2.39. The minimum atomic E-state index is -0.273. The second-order valence-electron chi connectivity index (χ2n) is 7.21. The molecule has 4 unspecified atom stereocenters. The molecule has 3 aliphatic rings. The maximum Gasteiger partial charge on any atom is 0.0613 e. The van der Waals surface area contributed by atoms with Gasteiger partial charge in [0, 0.05) is 11.6 Å². The van der Waals surface area contributed by atoms with E-state index in [4.69, 9.17) is 5.73 Å². The molecule has 3 N–H and O–H groups in total. The Balaban J connectivity index is 1.54. The SMILES string of the molecule is NC1(CO)CCCC1CCN1CCCC2CCCC21. The Morgan fingerprint density at radius 1 is 1.11 bits per heavy atom. The maximum atomic E-state index is 9.54. The number of aliphatic hydroxyl groups excluding tert-OH is 1. The molecule has 0 aromatic carbocycles. The van der Waals surface area contributed by atoms with Gasteiger partial charge in [-0.2, -0.15) is 0 Å². The predicted molar refractivity (Wildman–Crippen MR) is 77.9 cm³/mol. The monoisotopic (exact) mass is 266 g/mol. The number of hydrogen-bond acceptors (Lipinski definition) is 3. The molecule has 110 valence electrons. The third-order valence-electron chi connectivity index (χ3n) is 6.18. The van der Waals surface area contributed by atoms with Crippen molar-refractivity contribution in [3.63, 3.8) is 0 Å². The van der Waals surface area contributed by atoms with E-state index in [-0.39, 0.29) is 12.1 Å². The van der Waals surface area contributed by atoms with Crippen LogP contribution in [0.3, 0.4) is 0 Å². The van der Waals surface area contributed by atoms with Gasteiger partial charge in [-0.1, -0.05) is 12.8 Å². The molecule has 0 aromatic heterocycles. The minimum Gasteiger partial charge on any atom is -0.394 e. The molecule has 4 atom stereocenters. The van der Waals surface area contributed by atoms with Gasteiger partial charge in [-0.05, 0) is 69.9 Å². The number of nitrogens with two attached hydrogens (primary N) is 1. The normalized spacial score (nSPS) is 43.6. The lowest BCUT2D eigenvalue weighted by atomic mass is 9.85. The maximum absolute atomic E-state index is 9.54. The Kier molecular flexibility index (Phi) is 4.16. The van der Waals surface area contributed by atoms with Gasteiger partial charge in [0.25, 0.3) is 0 Å². The zero-order chi connectivity index (χ0) is 13.3. The van der Waals surface area contributed by atoms with Crippen LogP contribution in [0.25, 0.3) is 0 Å². The summed E-state index contributed by atoms with van der Waals surface area (Å²) in [7, 11) is 0. The van der Waals surface area contributed by atoms with Crippen molar-refractivity contribution < 1.29 is 5.11 Å². The van der Waals surface area contributed by atoms with Crippen LogP contribution in [0.5, 0.6) is 0 Å². The molecule has 0 bridgehead atoms. The lowest BCUT2D eigenvalue weighted by Crippen LogP contribution is -2.49. The van der Waals surface area contributed by atoms with Crippen LogP contribution in [0.4, 0.5) is 0 Å². The van der Waals surface area contributed by atoms with Crippen molar-refractivity contribution in [2.75, 3.05) is 19.7 Å². The predicted octanol–water partition coefficient (Wildman–Crippen LogP) is 2.13. The van der Waals surface area contributed by atoms with Crippen LogP contribution in [0.15, 0.2) is 0 Å². The van der Waals surface area contributed by atoms with Crippen LogP contribution >= 0.6 is 0 Å². The molecule has 0 spiro atoms. The van der Waals surface area contributed by atoms with Gasteiger partial charge >= 0.3 is 0 Å². The van der Waals surface area contributed by atoms with Gasteiger partial charge in [0.1, 0.15) is 0 Å². The molecule has 0 amide bonds. The Hall–Kier alpha value is -0.120. The molecule has 3 nitrogen and oxygen atoms in total. The molecule has 1 saturated heterocycles. The van der Waals surface area contributed by atoms with E-state index in [1.165, 1.54) is 64.5 Å². The van der Waals surface area contributed by atoms with Gasteiger partial charge in [0.05, 0.1) is 6.61 Å². The van der Waals surface area contributed by atoms with E-state index in [1.807, 2.05) is 0 Å². The topological polar surface area (TPSA) is 49.5 Å². The highest BCUT2D eigenvalue weighted by Gasteiger charge is 2.40. The molecule has 0 radical (unpaired) electrons. The van der Waals surface area contributed by atoms with Crippen molar-refractivity contribution in [1.82, 2.24) is 4.90 Å². The highest BCUT2D eigenvalue weighted by atomic mass is 16.3. The van der Waals surface area contributed by atoms with Crippen molar-refractivity contribution in [2.24, 2.45) is 17.6 Å². The van der Waals surface area contributed by atoms with Crippen LogP contribution in [-0.4, -0.2) is 41.3 Å². The third kappa shape index (κ3) is 2.70. The van der Waals surface area contributed by atoms with Gasteiger partial charge in [-0.3, -0.25) is 0 Å². The molecule has 2 aliphatic carbocycles. The fraction of sp³-hybridized carbons (Fsp3) is 1.00. The Bertz CT molecular complexity index is 309. The summed E-state index contributed by atoms with van der Waals surface area (Å²) in [6.07, 6.45) is 11.8. The third-order valence-corrected chi connectivity index (χ3v) is 6.18. The number of piperidine rings is 1. The second-order valence-corrected chi connectivity index (χ2v) is 7.21. The number of likely N-dealkylation sites (tertiary alicyclic amines) is 1. The van der Waals surface area contributed by atoms with Crippen LogP contribution in [0, 0.1) is 11.8 Å². The fourth-order valence-corrected chi connectivity index (χ4v) is 4.97. The molecule has 1 aliphatic heterocycles. The van der Waals surface area contributed by atoms with E-state index in [9.17, 15) is 5.11 Å². The number of aliphatic hydroxyl groups is 1. The first-order valence-electron chi connectivity index (χ1n) is 8.37. The summed E-state index contributed by atoms with van der Waals surface area (Å²) in [6, 6.07) is 0.872. The highest BCUT2D eigenvalue weighted by molar-refractivity contribution is 4.97. The quantitative estimate of drug-likeness (QED) is 0.819. The molecule has 3 heteroatoms. The average molecular weight is 266 g/mol. The Morgan fingerprint density at radius 2 is 1.95 bits per heavy atom. The van der Waals surface area contributed by atoms with Gasteiger partial charge in [0.15, 0.2) is 0 Å². The summed E-state index contributed by atoms with van der Waals surface area (Å²) >= 11 is 0. The van der Waals surface area contributed by atoms with Crippen molar-refractivity contribution >= 4 is 0 Å². The summed E-state index contributed by atoms with van der Waals surface area (Å²) in [4.78, 5) is 2.75. The van der Waals surface area contributed by atoms with Gasteiger partial charge in [-0.25, -0.2) is 0 Å². The molecule has 1 heterocycles. The van der Waals surface area contributed by atoms with Crippen LogP contribution in [0.1, 0.15) is 57.8 Å². The number of hydrogen-bond donors (Lipinski definition) is 2. The smallest absolute Gasteiger partial charge is 0.0613 e. The van der Waals surface area contributed by atoms with Gasteiger partial charge < -0.3 is 15.7 Å². The summed E-state index contributed by atoms with van der Waals surface area (Å²) in [6.45, 7) is 2.68. The summed E-state index contributed by atoms with van der Waals surface area (Å²) in [5, 5.41) is 9.54. The van der Waals surface area contributed by atoms with E-state index in [0.717, 1.165) is 18.4 Å². The van der Waals surface area contributed by atoms with Crippen LogP contribution < -0.4 is 5.73 Å².